The van der Waals surface area contributed by atoms with Crippen molar-refractivity contribution < 1.29 is 9.53 Å². The second-order valence-corrected chi connectivity index (χ2v) is 8.79. The molecular formula is C19H27N3O2S. The summed E-state index contributed by atoms with van der Waals surface area (Å²) >= 11 is 1.72. The van der Waals surface area contributed by atoms with E-state index in [9.17, 15) is 4.79 Å². The minimum Gasteiger partial charge on any atom is -0.444 e. The number of thiazole rings is 1. The minimum absolute atomic E-state index is 0.195. The van der Waals surface area contributed by atoms with Gasteiger partial charge in [-0.2, -0.15) is 0 Å². The van der Waals surface area contributed by atoms with Crippen LogP contribution in [0.4, 0.5) is 9.93 Å². The molecule has 6 heteroatoms. The van der Waals surface area contributed by atoms with Crippen LogP contribution in [0.2, 0.25) is 0 Å². The highest BCUT2D eigenvalue weighted by Gasteiger charge is 2.28. The van der Waals surface area contributed by atoms with Crippen LogP contribution in [0.1, 0.15) is 33.6 Å². The van der Waals surface area contributed by atoms with Crippen LogP contribution in [0.5, 0.6) is 0 Å². The van der Waals surface area contributed by atoms with Crippen molar-refractivity contribution in [2.24, 2.45) is 5.92 Å². The standard InChI is InChI=1S/C19H27N3O2S/c1-19(2,3)24-18(23)22-11-7-8-14(13-22)12-21(4)17-20-15-9-5-6-10-16(15)25-17/h5-6,9-10,14H,7-8,11-13H2,1-4H3. The number of hydrogen-bond donors (Lipinski definition) is 0. The summed E-state index contributed by atoms with van der Waals surface area (Å²) in [6.07, 6.45) is 1.96. The van der Waals surface area contributed by atoms with E-state index in [0.717, 1.165) is 43.1 Å². The molecule has 1 unspecified atom stereocenters. The van der Waals surface area contributed by atoms with Crippen molar-refractivity contribution in [1.29, 1.82) is 0 Å². The second-order valence-electron chi connectivity index (χ2n) is 7.78. The first-order valence-electron chi connectivity index (χ1n) is 8.86. The van der Waals surface area contributed by atoms with Crippen LogP contribution < -0.4 is 4.90 Å². The molecule has 1 saturated heterocycles. The van der Waals surface area contributed by atoms with E-state index < -0.39 is 5.60 Å². The zero-order valence-corrected chi connectivity index (χ0v) is 16.3. The highest BCUT2D eigenvalue weighted by atomic mass is 32.1. The van der Waals surface area contributed by atoms with E-state index in [1.807, 2.05) is 43.9 Å². The van der Waals surface area contributed by atoms with Crippen LogP contribution in [-0.4, -0.2) is 48.3 Å². The summed E-state index contributed by atoms with van der Waals surface area (Å²) in [6, 6.07) is 8.22. The average Bonchev–Trinajstić information content (AvgIpc) is 2.98. The second kappa shape index (κ2) is 7.20. The van der Waals surface area contributed by atoms with Crippen molar-refractivity contribution in [2.45, 2.75) is 39.2 Å². The number of aromatic nitrogens is 1. The maximum absolute atomic E-state index is 12.3. The Morgan fingerprint density at radius 1 is 1.40 bits per heavy atom. The molecule has 0 aliphatic carbocycles. The fourth-order valence-electron chi connectivity index (χ4n) is 3.20. The van der Waals surface area contributed by atoms with E-state index in [0.29, 0.717) is 5.92 Å². The lowest BCUT2D eigenvalue weighted by molar-refractivity contribution is 0.0170. The number of amides is 1. The molecule has 3 rings (SSSR count). The number of anilines is 1. The fraction of sp³-hybridized carbons (Fsp3) is 0.579. The first-order chi connectivity index (χ1) is 11.8. The lowest BCUT2D eigenvalue weighted by Crippen LogP contribution is -2.45. The van der Waals surface area contributed by atoms with Crippen molar-refractivity contribution >= 4 is 32.8 Å². The number of nitrogens with zero attached hydrogens (tertiary/aromatic N) is 3. The first-order valence-corrected chi connectivity index (χ1v) is 9.68. The summed E-state index contributed by atoms with van der Waals surface area (Å²) in [5.74, 6) is 0.443. The average molecular weight is 362 g/mol. The third-order valence-electron chi connectivity index (χ3n) is 4.31. The zero-order valence-electron chi connectivity index (χ0n) is 15.5. The molecule has 1 amide bonds. The zero-order chi connectivity index (χ0) is 18.0. The molecule has 136 valence electrons. The summed E-state index contributed by atoms with van der Waals surface area (Å²) in [7, 11) is 2.09. The van der Waals surface area contributed by atoms with Crippen molar-refractivity contribution in [3.63, 3.8) is 0 Å². The van der Waals surface area contributed by atoms with E-state index in [2.05, 4.69) is 18.0 Å². The van der Waals surface area contributed by atoms with Crippen LogP contribution in [0, 0.1) is 5.92 Å². The molecule has 0 N–H and O–H groups in total. The van der Waals surface area contributed by atoms with Crippen LogP contribution in [0.25, 0.3) is 10.2 Å². The van der Waals surface area contributed by atoms with Gasteiger partial charge in [0.1, 0.15) is 5.60 Å². The Morgan fingerprint density at radius 3 is 2.88 bits per heavy atom. The molecule has 2 aromatic rings. The Bertz CT molecular complexity index is 705. The lowest BCUT2D eigenvalue weighted by Gasteiger charge is -2.35. The van der Waals surface area contributed by atoms with Crippen LogP contribution >= 0.6 is 11.3 Å². The predicted molar refractivity (Wildman–Crippen MR) is 103 cm³/mol. The van der Waals surface area contributed by atoms with Crippen molar-refractivity contribution in [3.8, 4) is 0 Å². The molecule has 0 spiro atoms. The van der Waals surface area contributed by atoms with E-state index >= 15 is 0 Å². The van der Waals surface area contributed by atoms with E-state index in [4.69, 9.17) is 9.72 Å². The summed E-state index contributed by atoms with van der Waals surface area (Å²) in [6.45, 7) is 8.17. The molecule has 1 aromatic carbocycles. The molecule has 5 nitrogen and oxygen atoms in total. The highest BCUT2D eigenvalue weighted by molar-refractivity contribution is 7.22. The molecule has 2 heterocycles. The number of benzene rings is 1. The third kappa shape index (κ3) is 4.63. The van der Waals surface area contributed by atoms with Gasteiger partial charge in [-0.15, -0.1) is 0 Å². The van der Waals surface area contributed by atoms with Gasteiger partial charge in [0.05, 0.1) is 10.2 Å². The minimum atomic E-state index is -0.443. The number of likely N-dealkylation sites (tertiary alicyclic amines) is 1. The van der Waals surface area contributed by atoms with Gasteiger partial charge in [0, 0.05) is 26.7 Å². The largest absolute Gasteiger partial charge is 0.444 e. The SMILES string of the molecule is CN(CC1CCCN(C(=O)OC(C)(C)C)C1)c1nc2ccccc2s1. The quantitative estimate of drug-likeness (QED) is 0.814. The topological polar surface area (TPSA) is 45.7 Å². The van der Waals surface area contributed by atoms with Gasteiger partial charge in [-0.3, -0.25) is 0 Å². The molecule has 25 heavy (non-hydrogen) atoms. The number of ether oxygens (including phenoxy) is 1. The van der Waals surface area contributed by atoms with Gasteiger partial charge in [0.2, 0.25) is 0 Å². The van der Waals surface area contributed by atoms with Gasteiger partial charge in [-0.25, -0.2) is 9.78 Å². The number of hydrogen-bond acceptors (Lipinski definition) is 5. The number of carbonyl (C=O) groups is 1. The van der Waals surface area contributed by atoms with Crippen molar-refractivity contribution in [3.05, 3.63) is 24.3 Å². The van der Waals surface area contributed by atoms with Gasteiger partial charge in [0.25, 0.3) is 0 Å². The third-order valence-corrected chi connectivity index (χ3v) is 5.46. The predicted octanol–water partition coefficient (Wildman–Crippen LogP) is 4.38. The fourth-order valence-corrected chi connectivity index (χ4v) is 4.13. The van der Waals surface area contributed by atoms with Gasteiger partial charge < -0.3 is 14.5 Å². The van der Waals surface area contributed by atoms with Crippen molar-refractivity contribution in [1.82, 2.24) is 9.88 Å². The number of piperidine rings is 1. The van der Waals surface area contributed by atoms with E-state index in [-0.39, 0.29) is 6.09 Å². The molecular weight excluding hydrogens is 334 g/mol. The molecule has 0 saturated carbocycles. The van der Waals surface area contributed by atoms with Crippen LogP contribution in [0.15, 0.2) is 24.3 Å². The van der Waals surface area contributed by atoms with Gasteiger partial charge in [-0.1, -0.05) is 23.5 Å². The summed E-state index contributed by atoms with van der Waals surface area (Å²) in [4.78, 5) is 21.1. The lowest BCUT2D eigenvalue weighted by atomic mass is 9.98. The molecule has 1 fully saturated rings. The normalized spacial score (nSPS) is 18.4. The Hall–Kier alpha value is -1.82. The number of rotatable bonds is 3. The number of para-hydroxylation sites is 1. The molecule has 0 bridgehead atoms. The van der Waals surface area contributed by atoms with Gasteiger partial charge >= 0.3 is 6.09 Å². The molecule has 1 aliphatic heterocycles. The molecule has 1 aliphatic rings. The monoisotopic (exact) mass is 361 g/mol. The Balaban J connectivity index is 1.61. The van der Waals surface area contributed by atoms with E-state index in [1.54, 1.807) is 11.3 Å². The number of carbonyl (C=O) groups excluding carboxylic acids is 1. The van der Waals surface area contributed by atoms with Crippen molar-refractivity contribution in [2.75, 3.05) is 31.6 Å². The van der Waals surface area contributed by atoms with Gasteiger partial charge in [-0.05, 0) is 51.7 Å². The Labute approximate surface area is 153 Å². The molecule has 1 atom stereocenters. The molecule has 0 radical (unpaired) electrons. The highest BCUT2D eigenvalue weighted by Crippen LogP contribution is 2.29. The summed E-state index contributed by atoms with van der Waals surface area (Å²) < 4.78 is 6.73. The Kier molecular flexibility index (Phi) is 5.18. The molecule has 1 aromatic heterocycles. The smallest absolute Gasteiger partial charge is 0.410 e. The first kappa shape index (κ1) is 18.0. The van der Waals surface area contributed by atoms with Crippen LogP contribution in [0.3, 0.4) is 0 Å². The summed E-state index contributed by atoms with van der Waals surface area (Å²) in [5.41, 5.74) is 0.607. The van der Waals surface area contributed by atoms with Crippen LogP contribution in [-0.2, 0) is 4.74 Å². The van der Waals surface area contributed by atoms with E-state index in [1.165, 1.54) is 4.70 Å². The van der Waals surface area contributed by atoms with Gasteiger partial charge in [0.15, 0.2) is 5.13 Å². The number of fused-ring (bicyclic) bond motifs is 1. The maximum atomic E-state index is 12.3. The maximum Gasteiger partial charge on any atom is 0.410 e. The summed E-state index contributed by atoms with van der Waals surface area (Å²) in [5, 5.41) is 1.04. The Morgan fingerprint density at radius 2 is 2.16 bits per heavy atom.